The van der Waals surface area contributed by atoms with Gasteiger partial charge in [-0.3, -0.25) is 14.4 Å². The summed E-state index contributed by atoms with van der Waals surface area (Å²) < 4.78 is 8.79. The SMILES string of the molecule is CC[C@@]12C=CCN(Cc3ccccc3)C(=O)[C@@H]1[C@H]1C(=O)N(CCCCCO)C3C(=O)N(Cn4nnc5ccccc54)CC=C[C@@]31O2. The second-order valence-corrected chi connectivity index (χ2v) is 12.7. The highest BCUT2D eigenvalue weighted by Crippen LogP contribution is 2.58. The summed E-state index contributed by atoms with van der Waals surface area (Å²) in [6.07, 6.45) is 10.1. The van der Waals surface area contributed by atoms with Crippen LogP contribution in [0, 0.1) is 11.8 Å². The Labute approximate surface area is 268 Å². The van der Waals surface area contributed by atoms with Gasteiger partial charge in [0.05, 0.1) is 23.0 Å². The number of aromatic nitrogens is 3. The molecule has 1 spiro atoms. The van der Waals surface area contributed by atoms with E-state index in [1.54, 1.807) is 19.4 Å². The van der Waals surface area contributed by atoms with Crippen LogP contribution in [0.2, 0.25) is 0 Å². The van der Waals surface area contributed by atoms with Crippen LogP contribution in [0.15, 0.2) is 78.9 Å². The Bertz CT molecular complexity index is 1690. The summed E-state index contributed by atoms with van der Waals surface area (Å²) in [6.45, 7) is 3.64. The first-order valence-electron chi connectivity index (χ1n) is 16.3. The van der Waals surface area contributed by atoms with Crippen molar-refractivity contribution >= 4 is 28.8 Å². The molecule has 1 aromatic heterocycles. The molecule has 2 aromatic carbocycles. The molecule has 7 rings (SSSR count). The number of likely N-dealkylation sites (tertiary alicyclic amines) is 1. The Kier molecular flexibility index (Phi) is 7.98. The van der Waals surface area contributed by atoms with Crippen molar-refractivity contribution in [3.05, 3.63) is 84.5 Å². The molecule has 0 aliphatic carbocycles. The number of para-hydroxylation sites is 1. The minimum absolute atomic E-state index is 0.0630. The van der Waals surface area contributed by atoms with Crippen molar-refractivity contribution in [2.24, 2.45) is 11.8 Å². The number of carbonyl (C=O) groups excluding carboxylic acids is 3. The molecular formula is C35H40N6O5. The summed E-state index contributed by atoms with van der Waals surface area (Å²) in [4.78, 5) is 49.1. The highest BCUT2D eigenvalue weighted by molar-refractivity contribution is 6.00. The molecule has 240 valence electrons. The number of aliphatic hydroxyl groups excluding tert-OH is 1. The molecule has 46 heavy (non-hydrogen) atoms. The van der Waals surface area contributed by atoms with Crippen molar-refractivity contribution < 1.29 is 24.2 Å². The Morgan fingerprint density at radius 3 is 2.43 bits per heavy atom. The van der Waals surface area contributed by atoms with Gasteiger partial charge in [0, 0.05) is 32.8 Å². The zero-order valence-corrected chi connectivity index (χ0v) is 26.1. The minimum atomic E-state index is -1.32. The molecular weight excluding hydrogens is 584 g/mol. The molecule has 3 aromatic rings. The molecule has 0 saturated carbocycles. The molecule has 2 saturated heterocycles. The summed E-state index contributed by atoms with van der Waals surface area (Å²) in [5.74, 6) is -2.27. The summed E-state index contributed by atoms with van der Waals surface area (Å²) in [6, 6.07) is 16.5. The third kappa shape index (κ3) is 4.84. The van der Waals surface area contributed by atoms with Gasteiger partial charge in [-0.05, 0) is 43.4 Å². The maximum atomic E-state index is 14.7. The zero-order chi connectivity index (χ0) is 31.9. The van der Waals surface area contributed by atoms with E-state index in [1.807, 2.05) is 85.8 Å². The molecule has 2 fully saturated rings. The summed E-state index contributed by atoms with van der Waals surface area (Å²) in [5.41, 5.74) is 0.182. The Morgan fingerprint density at radius 1 is 0.870 bits per heavy atom. The largest absolute Gasteiger partial charge is 0.396 e. The Morgan fingerprint density at radius 2 is 1.63 bits per heavy atom. The van der Waals surface area contributed by atoms with Crippen molar-refractivity contribution in [3.63, 3.8) is 0 Å². The zero-order valence-electron chi connectivity index (χ0n) is 26.1. The van der Waals surface area contributed by atoms with Gasteiger partial charge in [0.15, 0.2) is 0 Å². The Hall–Kier alpha value is -4.35. The number of fused-ring (bicyclic) bond motifs is 3. The number of benzene rings is 2. The summed E-state index contributed by atoms with van der Waals surface area (Å²) >= 11 is 0. The molecule has 0 bridgehead atoms. The van der Waals surface area contributed by atoms with Crippen LogP contribution < -0.4 is 0 Å². The molecule has 1 N–H and O–H groups in total. The van der Waals surface area contributed by atoms with Crippen LogP contribution in [0.25, 0.3) is 11.0 Å². The molecule has 11 nitrogen and oxygen atoms in total. The van der Waals surface area contributed by atoms with Crippen LogP contribution in [0.1, 0.15) is 38.2 Å². The van der Waals surface area contributed by atoms with E-state index in [0.29, 0.717) is 51.9 Å². The number of aliphatic hydroxyl groups is 1. The fourth-order valence-corrected chi connectivity index (χ4v) is 7.92. The van der Waals surface area contributed by atoms with E-state index in [4.69, 9.17) is 4.74 Å². The number of unbranched alkanes of at least 4 members (excludes halogenated alkanes) is 2. The van der Waals surface area contributed by atoms with E-state index >= 15 is 0 Å². The predicted octanol–water partition coefficient (Wildman–Crippen LogP) is 2.91. The van der Waals surface area contributed by atoms with Gasteiger partial charge in [0.1, 0.15) is 23.8 Å². The van der Waals surface area contributed by atoms with Gasteiger partial charge in [-0.2, -0.15) is 0 Å². The van der Waals surface area contributed by atoms with Crippen LogP contribution in [0.5, 0.6) is 0 Å². The van der Waals surface area contributed by atoms with Crippen LogP contribution in [-0.2, 0) is 32.3 Å². The fourth-order valence-electron chi connectivity index (χ4n) is 7.92. The molecule has 11 heteroatoms. The number of amides is 3. The highest BCUT2D eigenvalue weighted by atomic mass is 16.5. The number of ether oxygens (including phenoxy) is 1. The van der Waals surface area contributed by atoms with Gasteiger partial charge in [0.25, 0.3) is 5.91 Å². The van der Waals surface area contributed by atoms with Crippen molar-refractivity contribution in [1.29, 1.82) is 0 Å². The van der Waals surface area contributed by atoms with Crippen molar-refractivity contribution in [1.82, 2.24) is 29.7 Å². The van der Waals surface area contributed by atoms with Gasteiger partial charge in [-0.1, -0.05) is 78.9 Å². The molecule has 1 unspecified atom stereocenters. The van der Waals surface area contributed by atoms with Crippen LogP contribution >= 0.6 is 0 Å². The quantitative estimate of drug-likeness (QED) is 0.272. The standard InChI is InChI=1S/C35H40N6O5/c1-2-34-17-11-19-38(23-25-13-5-3-6-14-25)31(43)28(34)29-32(44)40(21-9-4-10-22-42)30-33(45)39(20-12-18-35(29,30)46-34)24-41-27-16-8-7-15-26(27)36-37-41/h3,5-8,11-18,28-30,42H,2,4,9-10,19-24H2,1H3/t28-,29-,30?,34+,35-/m0/s1. The molecule has 5 heterocycles. The number of rotatable bonds is 10. The average molecular weight is 625 g/mol. The van der Waals surface area contributed by atoms with Crippen molar-refractivity contribution in [3.8, 4) is 0 Å². The minimum Gasteiger partial charge on any atom is -0.396 e. The van der Waals surface area contributed by atoms with Crippen LogP contribution in [0.4, 0.5) is 0 Å². The number of hydrogen-bond donors (Lipinski definition) is 1. The highest BCUT2D eigenvalue weighted by Gasteiger charge is 2.75. The van der Waals surface area contributed by atoms with Crippen molar-refractivity contribution in [2.45, 2.75) is 63.1 Å². The average Bonchev–Trinajstić information content (AvgIpc) is 3.61. The first-order valence-corrected chi connectivity index (χ1v) is 16.3. The lowest BCUT2D eigenvalue weighted by Gasteiger charge is -2.38. The van der Waals surface area contributed by atoms with E-state index < -0.39 is 29.1 Å². The molecule has 5 atom stereocenters. The lowest BCUT2D eigenvalue weighted by atomic mass is 9.73. The smallest absolute Gasteiger partial charge is 0.250 e. The van der Waals surface area contributed by atoms with Gasteiger partial charge >= 0.3 is 0 Å². The van der Waals surface area contributed by atoms with Gasteiger partial charge in [0.2, 0.25) is 11.8 Å². The van der Waals surface area contributed by atoms with Crippen molar-refractivity contribution in [2.75, 3.05) is 26.2 Å². The maximum Gasteiger partial charge on any atom is 0.250 e. The fraction of sp³-hybridized carbons (Fsp3) is 0.457. The lowest BCUT2D eigenvalue weighted by Crippen LogP contribution is -2.56. The second kappa shape index (κ2) is 12.1. The monoisotopic (exact) mass is 624 g/mol. The predicted molar refractivity (Wildman–Crippen MR) is 170 cm³/mol. The molecule has 3 amide bonds. The van der Waals surface area contributed by atoms with Gasteiger partial charge < -0.3 is 24.5 Å². The number of hydrogen-bond acceptors (Lipinski definition) is 7. The van der Waals surface area contributed by atoms with E-state index in [0.717, 1.165) is 16.6 Å². The summed E-state index contributed by atoms with van der Waals surface area (Å²) in [5, 5.41) is 17.9. The van der Waals surface area contributed by atoms with E-state index in [9.17, 15) is 19.5 Å². The van der Waals surface area contributed by atoms with E-state index in [-0.39, 0.29) is 31.0 Å². The maximum absolute atomic E-state index is 14.7. The molecule has 4 aliphatic rings. The van der Waals surface area contributed by atoms with Crippen LogP contribution in [-0.4, -0.2) is 96.0 Å². The van der Waals surface area contributed by atoms with Gasteiger partial charge in [-0.15, -0.1) is 5.10 Å². The van der Waals surface area contributed by atoms with E-state index in [2.05, 4.69) is 10.3 Å². The lowest BCUT2D eigenvalue weighted by molar-refractivity contribution is -0.155. The first kappa shape index (κ1) is 30.3. The summed E-state index contributed by atoms with van der Waals surface area (Å²) in [7, 11) is 0. The van der Waals surface area contributed by atoms with Crippen LogP contribution in [0.3, 0.4) is 0 Å². The third-order valence-corrected chi connectivity index (χ3v) is 10.1. The first-order chi connectivity index (χ1) is 22.4. The second-order valence-electron chi connectivity index (χ2n) is 12.7. The third-order valence-electron chi connectivity index (χ3n) is 10.1. The number of nitrogens with zero attached hydrogens (tertiary/aromatic N) is 6. The Balaban J connectivity index is 1.27. The molecule has 0 radical (unpaired) electrons. The topological polar surface area (TPSA) is 121 Å². The molecule has 4 aliphatic heterocycles. The van der Waals surface area contributed by atoms with Gasteiger partial charge in [-0.25, -0.2) is 4.68 Å². The number of carbonyl (C=O) groups is 3. The van der Waals surface area contributed by atoms with E-state index in [1.165, 1.54) is 0 Å². The normalized spacial score (nSPS) is 28.9.